The van der Waals surface area contributed by atoms with Gasteiger partial charge in [-0.15, -0.1) is 5.10 Å². The normalized spacial score (nSPS) is 10.7. The quantitative estimate of drug-likeness (QED) is 0.613. The maximum Gasteiger partial charge on any atom is 0.322 e. The molecule has 0 unspecified atom stereocenters. The van der Waals surface area contributed by atoms with Crippen molar-refractivity contribution in [3.05, 3.63) is 89.8 Å². The second-order valence-corrected chi connectivity index (χ2v) is 5.68. The number of hydrogen-bond acceptors (Lipinski definition) is 4. The molecule has 3 aromatic carbocycles. The Hall–Kier alpha value is -3.47. The maximum absolute atomic E-state index is 12.4. The van der Waals surface area contributed by atoms with Gasteiger partial charge in [-0.1, -0.05) is 65.8 Å². The number of hydrogen-bond donors (Lipinski definition) is 1. The number of carbonyl (C=O) groups is 1. The van der Waals surface area contributed by atoms with Gasteiger partial charge in [-0.25, -0.2) is 0 Å². The molecule has 4 aromatic rings. The molecule has 0 aliphatic heterocycles. The highest BCUT2D eigenvalue weighted by Gasteiger charge is 2.12. The Kier molecular flexibility index (Phi) is 3.96. The molecule has 1 heterocycles. The Morgan fingerprint density at radius 3 is 2.48 bits per heavy atom. The third kappa shape index (κ3) is 3.40. The van der Waals surface area contributed by atoms with E-state index in [1.807, 2.05) is 66.7 Å². The summed E-state index contributed by atoms with van der Waals surface area (Å²) < 4.78 is 5.51. The average Bonchev–Trinajstić information content (AvgIpc) is 3.09. The molecule has 5 nitrogen and oxygen atoms in total. The number of anilines is 1. The van der Waals surface area contributed by atoms with Crippen LogP contribution in [0.1, 0.15) is 21.8 Å². The summed E-state index contributed by atoms with van der Waals surface area (Å²) in [5.41, 5.74) is 1.61. The lowest BCUT2D eigenvalue weighted by Crippen LogP contribution is -2.12. The minimum Gasteiger partial charge on any atom is -0.407 e. The van der Waals surface area contributed by atoms with Gasteiger partial charge in [0, 0.05) is 5.56 Å². The number of benzene rings is 3. The molecule has 0 saturated carbocycles. The molecule has 25 heavy (non-hydrogen) atoms. The van der Waals surface area contributed by atoms with Gasteiger partial charge in [-0.05, 0) is 28.5 Å². The highest BCUT2D eigenvalue weighted by Crippen LogP contribution is 2.17. The third-order valence-corrected chi connectivity index (χ3v) is 3.90. The molecular formula is C20H15N3O2. The van der Waals surface area contributed by atoms with Crippen molar-refractivity contribution in [3.63, 3.8) is 0 Å². The first-order valence-corrected chi connectivity index (χ1v) is 7.94. The first-order valence-electron chi connectivity index (χ1n) is 7.94. The Labute approximate surface area is 144 Å². The van der Waals surface area contributed by atoms with Crippen molar-refractivity contribution in [2.45, 2.75) is 6.42 Å². The highest BCUT2D eigenvalue weighted by molar-refractivity contribution is 6.05. The average molecular weight is 329 g/mol. The topological polar surface area (TPSA) is 68.0 Å². The molecular weight excluding hydrogens is 314 g/mol. The summed E-state index contributed by atoms with van der Waals surface area (Å²) in [7, 11) is 0. The molecule has 1 aromatic heterocycles. The molecule has 0 radical (unpaired) electrons. The van der Waals surface area contributed by atoms with Crippen LogP contribution in [0.4, 0.5) is 6.01 Å². The number of aromatic nitrogens is 2. The first kappa shape index (κ1) is 15.1. The molecule has 0 aliphatic carbocycles. The fourth-order valence-corrected chi connectivity index (χ4v) is 2.65. The van der Waals surface area contributed by atoms with Gasteiger partial charge in [-0.3, -0.25) is 10.1 Å². The summed E-state index contributed by atoms with van der Waals surface area (Å²) in [4.78, 5) is 12.4. The fourth-order valence-electron chi connectivity index (χ4n) is 2.65. The predicted octanol–water partition coefficient (Wildman–Crippen LogP) is 4.07. The van der Waals surface area contributed by atoms with Gasteiger partial charge in [0.2, 0.25) is 5.89 Å². The molecule has 1 N–H and O–H groups in total. The van der Waals surface area contributed by atoms with Crippen molar-refractivity contribution in [1.82, 2.24) is 10.2 Å². The zero-order valence-corrected chi connectivity index (χ0v) is 13.3. The lowest BCUT2D eigenvalue weighted by Gasteiger charge is -2.03. The monoisotopic (exact) mass is 329 g/mol. The van der Waals surface area contributed by atoms with Crippen LogP contribution in [0, 0.1) is 0 Å². The number of nitrogens with one attached hydrogen (secondary N) is 1. The molecule has 0 fully saturated rings. The van der Waals surface area contributed by atoms with Crippen LogP contribution in [-0.4, -0.2) is 16.1 Å². The lowest BCUT2D eigenvalue weighted by atomic mass is 10.1. The van der Waals surface area contributed by atoms with E-state index in [2.05, 4.69) is 15.5 Å². The minimum atomic E-state index is -0.277. The molecule has 0 spiro atoms. The molecule has 0 bridgehead atoms. The van der Waals surface area contributed by atoms with Crippen LogP contribution in [0.15, 0.2) is 77.2 Å². The van der Waals surface area contributed by atoms with Crippen LogP contribution in [0.3, 0.4) is 0 Å². The van der Waals surface area contributed by atoms with E-state index >= 15 is 0 Å². The summed E-state index contributed by atoms with van der Waals surface area (Å²) in [6, 6.07) is 23.3. The summed E-state index contributed by atoms with van der Waals surface area (Å²) in [6.45, 7) is 0. The summed E-state index contributed by atoms with van der Waals surface area (Å²) in [6.07, 6.45) is 0.527. The van der Waals surface area contributed by atoms with Gasteiger partial charge in [0.15, 0.2) is 0 Å². The molecule has 0 atom stereocenters. The van der Waals surface area contributed by atoms with E-state index in [0.717, 1.165) is 16.3 Å². The number of fused-ring (bicyclic) bond motifs is 1. The zero-order chi connectivity index (χ0) is 17.1. The fraction of sp³-hybridized carbons (Fsp3) is 0.0500. The van der Waals surface area contributed by atoms with E-state index in [0.29, 0.717) is 17.9 Å². The highest BCUT2D eigenvalue weighted by atomic mass is 16.4. The van der Waals surface area contributed by atoms with E-state index in [-0.39, 0.29) is 11.9 Å². The van der Waals surface area contributed by atoms with E-state index in [1.165, 1.54) is 0 Å². The summed E-state index contributed by atoms with van der Waals surface area (Å²) in [5.74, 6) is 0.181. The van der Waals surface area contributed by atoms with Gasteiger partial charge >= 0.3 is 6.01 Å². The van der Waals surface area contributed by atoms with E-state index < -0.39 is 0 Å². The largest absolute Gasteiger partial charge is 0.407 e. The van der Waals surface area contributed by atoms with Crippen molar-refractivity contribution < 1.29 is 9.21 Å². The number of carbonyl (C=O) groups excluding carboxylic acids is 1. The number of nitrogens with zero attached hydrogens (tertiary/aromatic N) is 2. The van der Waals surface area contributed by atoms with Crippen LogP contribution in [0.5, 0.6) is 0 Å². The third-order valence-electron chi connectivity index (χ3n) is 3.90. The van der Waals surface area contributed by atoms with Crippen LogP contribution >= 0.6 is 0 Å². The maximum atomic E-state index is 12.4. The smallest absolute Gasteiger partial charge is 0.322 e. The van der Waals surface area contributed by atoms with Crippen LogP contribution in [0.2, 0.25) is 0 Å². The Morgan fingerprint density at radius 1 is 0.880 bits per heavy atom. The molecule has 0 aliphatic rings. The first-order chi connectivity index (χ1) is 12.3. The van der Waals surface area contributed by atoms with Crippen molar-refractivity contribution >= 4 is 22.7 Å². The Balaban J connectivity index is 1.48. The number of rotatable bonds is 4. The van der Waals surface area contributed by atoms with Crippen LogP contribution in [-0.2, 0) is 6.42 Å². The van der Waals surface area contributed by atoms with Crippen LogP contribution < -0.4 is 5.32 Å². The van der Waals surface area contributed by atoms with Gasteiger partial charge in [0.05, 0.1) is 6.42 Å². The number of amides is 1. The van der Waals surface area contributed by atoms with Gasteiger partial charge < -0.3 is 4.42 Å². The lowest BCUT2D eigenvalue weighted by molar-refractivity contribution is 0.102. The SMILES string of the molecule is O=C(Nc1nnc(Cc2ccccc2)o1)c1ccc2ccccc2c1. The molecule has 5 heteroatoms. The zero-order valence-electron chi connectivity index (χ0n) is 13.3. The molecule has 1 amide bonds. The summed E-state index contributed by atoms with van der Waals surface area (Å²) in [5, 5.41) is 12.6. The van der Waals surface area contributed by atoms with E-state index in [9.17, 15) is 4.79 Å². The second kappa shape index (κ2) is 6.57. The van der Waals surface area contributed by atoms with E-state index in [4.69, 9.17) is 4.42 Å². The van der Waals surface area contributed by atoms with Gasteiger partial charge in [-0.2, -0.15) is 0 Å². The van der Waals surface area contributed by atoms with Crippen molar-refractivity contribution in [3.8, 4) is 0 Å². The van der Waals surface area contributed by atoms with Gasteiger partial charge in [0.25, 0.3) is 5.91 Å². The molecule has 122 valence electrons. The van der Waals surface area contributed by atoms with Crippen molar-refractivity contribution in [2.75, 3.05) is 5.32 Å². The van der Waals surface area contributed by atoms with E-state index in [1.54, 1.807) is 6.07 Å². The molecule has 4 rings (SSSR count). The van der Waals surface area contributed by atoms with Crippen molar-refractivity contribution in [2.24, 2.45) is 0 Å². The standard InChI is InChI=1S/C20H15N3O2/c24-19(17-11-10-15-8-4-5-9-16(15)13-17)21-20-23-22-18(25-20)12-14-6-2-1-3-7-14/h1-11,13H,12H2,(H,21,23,24). The van der Waals surface area contributed by atoms with Gasteiger partial charge in [0.1, 0.15) is 0 Å². The van der Waals surface area contributed by atoms with Crippen LogP contribution in [0.25, 0.3) is 10.8 Å². The second-order valence-electron chi connectivity index (χ2n) is 5.68. The molecule has 0 saturated heterocycles. The van der Waals surface area contributed by atoms with Crippen molar-refractivity contribution in [1.29, 1.82) is 0 Å². The summed E-state index contributed by atoms with van der Waals surface area (Å²) >= 11 is 0. The predicted molar refractivity (Wildman–Crippen MR) is 95.4 cm³/mol. The Bertz CT molecular complexity index is 1030. The minimum absolute atomic E-state index is 0.101. The Morgan fingerprint density at radius 2 is 1.64 bits per heavy atom.